The van der Waals surface area contributed by atoms with Gasteiger partial charge in [-0.05, 0) is 37.1 Å². The molecular formula is C18H24N2O2. The van der Waals surface area contributed by atoms with E-state index >= 15 is 0 Å². The third kappa shape index (κ3) is 1.87. The fourth-order valence-electron chi connectivity index (χ4n) is 4.47. The number of ether oxygens (including phenoxy) is 1. The van der Waals surface area contributed by atoms with E-state index in [-0.39, 0.29) is 12.1 Å². The minimum atomic E-state index is -0.392. The number of aliphatic hydroxyl groups is 1. The zero-order valence-corrected chi connectivity index (χ0v) is 13.3. The van der Waals surface area contributed by atoms with E-state index < -0.39 is 5.60 Å². The van der Waals surface area contributed by atoms with Crippen LogP contribution in [0.3, 0.4) is 0 Å². The molecule has 2 aliphatic rings. The highest BCUT2D eigenvalue weighted by molar-refractivity contribution is 5.88. The van der Waals surface area contributed by atoms with Crippen molar-refractivity contribution in [3.63, 3.8) is 0 Å². The monoisotopic (exact) mass is 300 g/mol. The molecule has 0 radical (unpaired) electrons. The van der Waals surface area contributed by atoms with Crippen molar-refractivity contribution < 1.29 is 9.84 Å². The van der Waals surface area contributed by atoms with Gasteiger partial charge in [0.15, 0.2) is 0 Å². The van der Waals surface area contributed by atoms with Crippen LogP contribution < -0.4 is 0 Å². The second-order valence-corrected chi connectivity index (χ2v) is 6.80. The summed E-state index contributed by atoms with van der Waals surface area (Å²) in [7, 11) is 2.11. The standard InChI is InChI=1S/C18H24N2O2/c1-3-7-22-18-9-13(21)11-20(2)16(18)8-12-10-19-15-6-4-5-14(18)17(12)15/h4-6,10,13,16,19,21H,3,7-9,11H2,1-2H3/t13-,16-,18+/m1/s1. The summed E-state index contributed by atoms with van der Waals surface area (Å²) >= 11 is 0. The second-order valence-electron chi connectivity index (χ2n) is 6.80. The van der Waals surface area contributed by atoms with Gasteiger partial charge in [-0.2, -0.15) is 0 Å². The van der Waals surface area contributed by atoms with Crippen LogP contribution in [0.1, 0.15) is 30.9 Å². The van der Waals surface area contributed by atoms with Crippen LogP contribution >= 0.6 is 0 Å². The first-order valence-electron chi connectivity index (χ1n) is 8.27. The van der Waals surface area contributed by atoms with Gasteiger partial charge in [0.2, 0.25) is 0 Å². The molecule has 4 nitrogen and oxygen atoms in total. The number of aromatic amines is 1. The number of H-pyrrole nitrogens is 1. The van der Waals surface area contributed by atoms with Crippen molar-refractivity contribution >= 4 is 10.9 Å². The molecule has 2 heterocycles. The topological polar surface area (TPSA) is 48.5 Å². The molecule has 0 spiro atoms. The molecule has 0 amide bonds. The Morgan fingerprint density at radius 2 is 2.32 bits per heavy atom. The van der Waals surface area contributed by atoms with Crippen LogP contribution in [0.15, 0.2) is 24.4 Å². The van der Waals surface area contributed by atoms with E-state index in [1.807, 2.05) is 0 Å². The lowest BCUT2D eigenvalue weighted by Crippen LogP contribution is -2.61. The predicted molar refractivity (Wildman–Crippen MR) is 87.0 cm³/mol. The summed E-state index contributed by atoms with van der Waals surface area (Å²) in [5.74, 6) is 0. The van der Waals surface area contributed by atoms with Crippen molar-refractivity contribution in [1.29, 1.82) is 0 Å². The summed E-state index contributed by atoms with van der Waals surface area (Å²) < 4.78 is 6.47. The molecule has 1 aliphatic carbocycles. The number of likely N-dealkylation sites (tertiary alicyclic amines) is 1. The molecule has 0 unspecified atom stereocenters. The Morgan fingerprint density at radius 1 is 1.45 bits per heavy atom. The summed E-state index contributed by atoms with van der Waals surface area (Å²) in [5, 5.41) is 11.7. The molecule has 0 saturated carbocycles. The molecule has 4 rings (SSSR count). The smallest absolute Gasteiger partial charge is 0.112 e. The third-order valence-corrected chi connectivity index (χ3v) is 5.33. The molecule has 1 aromatic heterocycles. The number of benzene rings is 1. The van der Waals surface area contributed by atoms with E-state index in [9.17, 15) is 5.11 Å². The van der Waals surface area contributed by atoms with Gasteiger partial charge < -0.3 is 14.8 Å². The molecule has 3 atom stereocenters. The van der Waals surface area contributed by atoms with Crippen LogP contribution in [0, 0.1) is 0 Å². The van der Waals surface area contributed by atoms with Crippen molar-refractivity contribution in [2.45, 2.75) is 43.9 Å². The fraction of sp³-hybridized carbons (Fsp3) is 0.556. The maximum atomic E-state index is 10.4. The summed E-state index contributed by atoms with van der Waals surface area (Å²) in [5.41, 5.74) is 3.40. The first kappa shape index (κ1) is 14.2. The fourth-order valence-corrected chi connectivity index (χ4v) is 4.47. The quantitative estimate of drug-likeness (QED) is 0.915. The molecule has 0 bridgehead atoms. The van der Waals surface area contributed by atoms with Crippen molar-refractivity contribution in [2.24, 2.45) is 0 Å². The van der Waals surface area contributed by atoms with Crippen LogP contribution in [-0.2, 0) is 16.8 Å². The average molecular weight is 300 g/mol. The Morgan fingerprint density at radius 3 is 3.14 bits per heavy atom. The van der Waals surface area contributed by atoms with Crippen LogP contribution in [0.25, 0.3) is 10.9 Å². The number of nitrogens with one attached hydrogen (secondary N) is 1. The van der Waals surface area contributed by atoms with Crippen LogP contribution in [0.5, 0.6) is 0 Å². The highest BCUT2D eigenvalue weighted by Gasteiger charge is 2.51. The number of aromatic nitrogens is 1. The molecule has 4 heteroatoms. The molecule has 118 valence electrons. The zero-order chi connectivity index (χ0) is 15.3. The van der Waals surface area contributed by atoms with Gasteiger partial charge in [0.1, 0.15) is 5.60 Å². The first-order valence-corrected chi connectivity index (χ1v) is 8.27. The SMILES string of the molecule is CCCO[C@]12C[C@@H](O)CN(C)[C@@H]1Cc1c[nH]c3cccc2c13. The Labute approximate surface area is 131 Å². The number of hydrogen-bond acceptors (Lipinski definition) is 3. The highest BCUT2D eigenvalue weighted by atomic mass is 16.5. The number of fused-ring (bicyclic) bond motifs is 2. The predicted octanol–water partition coefficient (Wildman–Crippen LogP) is 2.41. The lowest BCUT2D eigenvalue weighted by molar-refractivity contribution is -0.158. The van der Waals surface area contributed by atoms with Crippen molar-refractivity contribution in [3.05, 3.63) is 35.5 Å². The lowest BCUT2D eigenvalue weighted by Gasteiger charge is -2.52. The largest absolute Gasteiger partial charge is 0.392 e. The van der Waals surface area contributed by atoms with E-state index in [1.165, 1.54) is 22.0 Å². The Bertz CT molecular complexity index is 695. The molecule has 1 fully saturated rings. The Balaban J connectivity index is 1.93. The maximum Gasteiger partial charge on any atom is 0.112 e. The van der Waals surface area contributed by atoms with Crippen molar-refractivity contribution in [2.75, 3.05) is 20.2 Å². The molecule has 2 aromatic rings. The summed E-state index contributed by atoms with van der Waals surface area (Å²) in [6.07, 6.45) is 4.45. The van der Waals surface area contributed by atoms with E-state index in [0.717, 1.165) is 26.0 Å². The summed E-state index contributed by atoms with van der Waals surface area (Å²) in [6, 6.07) is 6.70. The maximum absolute atomic E-state index is 10.4. The molecule has 22 heavy (non-hydrogen) atoms. The number of likely N-dealkylation sites (N-methyl/N-ethyl adjacent to an activating group) is 1. The van der Waals surface area contributed by atoms with Gasteiger partial charge >= 0.3 is 0 Å². The minimum absolute atomic E-state index is 0.288. The van der Waals surface area contributed by atoms with E-state index in [0.29, 0.717) is 6.42 Å². The van der Waals surface area contributed by atoms with Crippen molar-refractivity contribution in [3.8, 4) is 0 Å². The number of hydrogen-bond donors (Lipinski definition) is 2. The summed E-state index contributed by atoms with van der Waals surface area (Å²) in [4.78, 5) is 5.67. The van der Waals surface area contributed by atoms with Gasteiger partial charge in [0.05, 0.1) is 6.10 Å². The molecule has 2 N–H and O–H groups in total. The van der Waals surface area contributed by atoms with E-state index in [2.05, 4.69) is 48.3 Å². The first-order chi connectivity index (χ1) is 10.7. The normalized spacial score (nSPS) is 31.4. The average Bonchev–Trinajstić information content (AvgIpc) is 2.91. The van der Waals surface area contributed by atoms with Crippen LogP contribution in [0.2, 0.25) is 0 Å². The summed E-state index contributed by atoms with van der Waals surface area (Å²) in [6.45, 7) is 3.59. The lowest BCUT2D eigenvalue weighted by atomic mass is 9.70. The second kappa shape index (κ2) is 5.08. The van der Waals surface area contributed by atoms with Gasteiger partial charge in [0.25, 0.3) is 0 Å². The number of piperidine rings is 1. The van der Waals surface area contributed by atoms with E-state index in [4.69, 9.17) is 4.74 Å². The van der Waals surface area contributed by atoms with Gasteiger partial charge in [-0.1, -0.05) is 19.1 Å². The number of aliphatic hydroxyl groups excluding tert-OH is 1. The Hall–Kier alpha value is -1.36. The van der Waals surface area contributed by atoms with Crippen LogP contribution in [0.4, 0.5) is 0 Å². The van der Waals surface area contributed by atoms with Gasteiger partial charge in [-0.3, -0.25) is 4.90 Å². The highest BCUT2D eigenvalue weighted by Crippen LogP contribution is 2.48. The zero-order valence-electron chi connectivity index (χ0n) is 13.3. The number of rotatable bonds is 3. The van der Waals surface area contributed by atoms with E-state index in [1.54, 1.807) is 0 Å². The third-order valence-electron chi connectivity index (χ3n) is 5.33. The molecular weight excluding hydrogens is 276 g/mol. The number of nitrogens with zero attached hydrogens (tertiary/aromatic N) is 1. The van der Waals surface area contributed by atoms with Gasteiger partial charge in [-0.15, -0.1) is 0 Å². The van der Waals surface area contributed by atoms with Crippen LogP contribution in [-0.4, -0.2) is 47.3 Å². The Kier molecular flexibility index (Phi) is 3.29. The molecule has 1 saturated heterocycles. The minimum Gasteiger partial charge on any atom is -0.392 e. The van der Waals surface area contributed by atoms with Gasteiger partial charge in [0, 0.05) is 42.7 Å². The molecule has 1 aromatic carbocycles. The van der Waals surface area contributed by atoms with Crippen molar-refractivity contribution in [1.82, 2.24) is 9.88 Å². The molecule has 1 aliphatic heterocycles. The van der Waals surface area contributed by atoms with Gasteiger partial charge in [-0.25, -0.2) is 0 Å². The number of β-amino-alcohol motifs (C(OH)–C–C–N with tert-alkyl or cyclic N) is 1.